The van der Waals surface area contributed by atoms with Gasteiger partial charge in [0.15, 0.2) is 11.6 Å². The van der Waals surface area contributed by atoms with Crippen molar-refractivity contribution in [2.24, 2.45) is 0 Å². The standard InChI is InChI=1S/C17H20N6O3S/c1-9(2)20-17(24)26-10-5-13(25-7-10)12-6-14(23-22-12)21-16-15-11(3-4-18-16)19-8-27-15/h3-4,6,8-10,13H,5,7H2,1-2H3,(H,20,24)(H2,18,21,22,23). The second kappa shape index (κ2) is 7.49. The number of aromatic nitrogens is 4. The zero-order valence-corrected chi connectivity index (χ0v) is 15.7. The van der Waals surface area contributed by atoms with Gasteiger partial charge in [-0.2, -0.15) is 5.10 Å². The second-order valence-electron chi connectivity index (χ2n) is 6.58. The number of aromatic amines is 1. The molecule has 3 aromatic heterocycles. The van der Waals surface area contributed by atoms with Crippen LogP contribution in [0.15, 0.2) is 23.8 Å². The number of hydrogen-bond donors (Lipinski definition) is 3. The van der Waals surface area contributed by atoms with Gasteiger partial charge >= 0.3 is 6.09 Å². The van der Waals surface area contributed by atoms with Crippen LogP contribution in [-0.4, -0.2) is 45.0 Å². The Labute approximate surface area is 159 Å². The van der Waals surface area contributed by atoms with Crippen LogP contribution in [0.25, 0.3) is 10.2 Å². The number of alkyl carbamates (subject to hydrolysis) is 1. The van der Waals surface area contributed by atoms with Gasteiger partial charge in [0, 0.05) is 24.7 Å². The molecular weight excluding hydrogens is 368 g/mol. The molecule has 1 amide bonds. The van der Waals surface area contributed by atoms with Crippen LogP contribution in [0.4, 0.5) is 16.4 Å². The summed E-state index contributed by atoms with van der Waals surface area (Å²) in [5, 5.41) is 13.2. The van der Waals surface area contributed by atoms with Gasteiger partial charge in [0.1, 0.15) is 12.2 Å². The number of carbonyl (C=O) groups is 1. The first-order chi connectivity index (χ1) is 13.1. The first-order valence-corrected chi connectivity index (χ1v) is 9.55. The van der Waals surface area contributed by atoms with E-state index in [0.717, 1.165) is 15.9 Å². The molecule has 4 rings (SSSR count). The molecule has 0 radical (unpaired) electrons. The molecule has 10 heteroatoms. The van der Waals surface area contributed by atoms with Gasteiger partial charge in [0.25, 0.3) is 0 Å². The maximum absolute atomic E-state index is 11.7. The van der Waals surface area contributed by atoms with Crippen molar-refractivity contribution in [3.8, 4) is 0 Å². The van der Waals surface area contributed by atoms with E-state index in [1.807, 2.05) is 26.0 Å². The number of carbonyl (C=O) groups excluding carboxylic acids is 1. The Hall–Kier alpha value is -2.72. The van der Waals surface area contributed by atoms with E-state index in [0.29, 0.717) is 24.7 Å². The summed E-state index contributed by atoms with van der Waals surface area (Å²) in [6, 6.07) is 3.78. The maximum Gasteiger partial charge on any atom is 0.407 e. The number of H-pyrrole nitrogens is 1. The van der Waals surface area contributed by atoms with Crippen molar-refractivity contribution >= 4 is 39.3 Å². The van der Waals surface area contributed by atoms with E-state index in [9.17, 15) is 4.79 Å². The smallest absolute Gasteiger partial charge is 0.407 e. The lowest BCUT2D eigenvalue weighted by atomic mass is 10.1. The number of hydrogen-bond acceptors (Lipinski definition) is 8. The highest BCUT2D eigenvalue weighted by atomic mass is 32.1. The molecule has 1 aliphatic heterocycles. The molecule has 2 unspecified atom stereocenters. The Morgan fingerprint density at radius 1 is 1.44 bits per heavy atom. The maximum atomic E-state index is 11.7. The van der Waals surface area contributed by atoms with Crippen molar-refractivity contribution < 1.29 is 14.3 Å². The Bertz CT molecular complexity index is 940. The Kier molecular flexibility index (Phi) is 4.90. The molecule has 3 N–H and O–H groups in total. The highest BCUT2D eigenvalue weighted by Gasteiger charge is 2.31. The third kappa shape index (κ3) is 4.01. The second-order valence-corrected chi connectivity index (χ2v) is 7.43. The first-order valence-electron chi connectivity index (χ1n) is 8.68. The molecule has 1 aliphatic rings. The SMILES string of the molecule is CC(C)NC(=O)OC1COC(c2cc(Nc3nccc4ncsc34)n[nH]2)C1. The van der Waals surface area contributed by atoms with E-state index >= 15 is 0 Å². The fourth-order valence-electron chi connectivity index (χ4n) is 2.89. The van der Waals surface area contributed by atoms with Gasteiger partial charge in [-0.1, -0.05) is 0 Å². The molecule has 4 heterocycles. The third-order valence-electron chi connectivity index (χ3n) is 4.08. The molecule has 0 aliphatic carbocycles. The van der Waals surface area contributed by atoms with Crippen molar-refractivity contribution in [2.75, 3.05) is 11.9 Å². The van der Waals surface area contributed by atoms with Gasteiger partial charge in [-0.15, -0.1) is 11.3 Å². The molecule has 0 bridgehead atoms. The van der Waals surface area contributed by atoms with Gasteiger partial charge in [0.05, 0.1) is 28.0 Å². The number of nitrogens with one attached hydrogen (secondary N) is 3. The lowest BCUT2D eigenvalue weighted by Crippen LogP contribution is -2.33. The summed E-state index contributed by atoms with van der Waals surface area (Å²) < 4.78 is 12.1. The van der Waals surface area contributed by atoms with Crippen molar-refractivity contribution in [3.63, 3.8) is 0 Å². The minimum Gasteiger partial charge on any atom is -0.444 e. The number of pyridine rings is 1. The van der Waals surface area contributed by atoms with Crippen molar-refractivity contribution in [2.45, 2.75) is 38.5 Å². The van der Waals surface area contributed by atoms with Crippen LogP contribution in [0.2, 0.25) is 0 Å². The predicted octanol–water partition coefficient (Wildman–Crippen LogP) is 3.12. The Balaban J connectivity index is 1.38. The van der Waals surface area contributed by atoms with Crippen LogP contribution in [-0.2, 0) is 9.47 Å². The molecule has 2 atom stereocenters. The molecule has 0 aromatic carbocycles. The summed E-state index contributed by atoms with van der Waals surface area (Å²) in [7, 11) is 0. The van der Waals surface area contributed by atoms with Crippen LogP contribution in [0.5, 0.6) is 0 Å². The van der Waals surface area contributed by atoms with Crippen LogP contribution in [0.1, 0.15) is 32.1 Å². The molecule has 0 saturated carbocycles. The zero-order valence-electron chi connectivity index (χ0n) is 14.9. The van der Waals surface area contributed by atoms with E-state index in [1.54, 1.807) is 11.7 Å². The molecule has 1 fully saturated rings. The fourth-order valence-corrected chi connectivity index (χ4v) is 3.61. The average Bonchev–Trinajstić information content (AvgIpc) is 3.33. The largest absolute Gasteiger partial charge is 0.444 e. The third-order valence-corrected chi connectivity index (χ3v) is 4.93. The fraction of sp³-hybridized carbons (Fsp3) is 0.412. The lowest BCUT2D eigenvalue weighted by Gasteiger charge is -2.13. The molecular formula is C17H20N6O3S. The number of nitrogens with zero attached hydrogens (tertiary/aromatic N) is 3. The zero-order chi connectivity index (χ0) is 18.8. The summed E-state index contributed by atoms with van der Waals surface area (Å²) in [5.41, 5.74) is 3.51. The van der Waals surface area contributed by atoms with E-state index in [4.69, 9.17) is 9.47 Å². The average molecular weight is 388 g/mol. The quantitative estimate of drug-likeness (QED) is 0.615. The van der Waals surface area contributed by atoms with Gasteiger partial charge < -0.3 is 20.1 Å². The van der Waals surface area contributed by atoms with Gasteiger partial charge in [-0.25, -0.2) is 14.8 Å². The molecule has 1 saturated heterocycles. The van der Waals surface area contributed by atoms with Crippen LogP contribution < -0.4 is 10.6 Å². The number of thiazole rings is 1. The van der Waals surface area contributed by atoms with E-state index in [1.165, 1.54) is 11.3 Å². The summed E-state index contributed by atoms with van der Waals surface area (Å²) >= 11 is 1.52. The molecule has 3 aromatic rings. The molecule has 27 heavy (non-hydrogen) atoms. The van der Waals surface area contributed by atoms with E-state index < -0.39 is 6.09 Å². The van der Waals surface area contributed by atoms with E-state index in [2.05, 4.69) is 30.8 Å². The Morgan fingerprint density at radius 3 is 3.19 bits per heavy atom. The molecule has 9 nitrogen and oxygen atoms in total. The minimum absolute atomic E-state index is 0.0356. The van der Waals surface area contributed by atoms with Gasteiger partial charge in [-0.05, 0) is 19.9 Å². The molecule has 142 valence electrons. The monoisotopic (exact) mass is 388 g/mol. The summed E-state index contributed by atoms with van der Waals surface area (Å²) in [4.78, 5) is 20.4. The summed E-state index contributed by atoms with van der Waals surface area (Å²) in [5.74, 6) is 1.36. The summed E-state index contributed by atoms with van der Waals surface area (Å²) in [6.07, 6.45) is 1.39. The lowest BCUT2D eigenvalue weighted by molar-refractivity contribution is 0.0682. The minimum atomic E-state index is -0.421. The van der Waals surface area contributed by atoms with E-state index in [-0.39, 0.29) is 18.2 Å². The number of anilines is 2. The highest BCUT2D eigenvalue weighted by Crippen LogP contribution is 2.32. The van der Waals surface area contributed by atoms with Crippen LogP contribution in [0.3, 0.4) is 0 Å². The normalized spacial score (nSPS) is 19.5. The highest BCUT2D eigenvalue weighted by molar-refractivity contribution is 7.17. The Morgan fingerprint density at radius 2 is 2.33 bits per heavy atom. The first kappa shape index (κ1) is 17.7. The number of ether oxygens (including phenoxy) is 2. The predicted molar refractivity (Wildman–Crippen MR) is 101 cm³/mol. The summed E-state index contributed by atoms with van der Waals surface area (Å²) in [6.45, 7) is 4.13. The van der Waals surface area contributed by atoms with Crippen LogP contribution in [0, 0.1) is 0 Å². The van der Waals surface area contributed by atoms with Gasteiger partial charge in [0.2, 0.25) is 0 Å². The van der Waals surface area contributed by atoms with Crippen LogP contribution >= 0.6 is 11.3 Å². The van der Waals surface area contributed by atoms with Crippen molar-refractivity contribution in [1.82, 2.24) is 25.5 Å². The number of fused-ring (bicyclic) bond motifs is 1. The molecule has 0 spiro atoms. The van der Waals surface area contributed by atoms with Gasteiger partial charge in [-0.3, -0.25) is 5.10 Å². The van der Waals surface area contributed by atoms with Crippen molar-refractivity contribution in [1.29, 1.82) is 0 Å². The number of rotatable bonds is 5. The topological polar surface area (TPSA) is 114 Å². The number of amides is 1. The van der Waals surface area contributed by atoms with Crippen molar-refractivity contribution in [3.05, 3.63) is 29.5 Å².